The van der Waals surface area contributed by atoms with Gasteiger partial charge in [-0.15, -0.1) is 0 Å². The van der Waals surface area contributed by atoms with Gasteiger partial charge in [-0.1, -0.05) is 11.3 Å². The lowest BCUT2D eigenvalue weighted by Crippen LogP contribution is -2.15. The molecule has 0 aliphatic rings. The highest BCUT2D eigenvalue weighted by molar-refractivity contribution is 7.22. The second-order valence-electron chi connectivity index (χ2n) is 4.21. The van der Waals surface area contributed by atoms with Gasteiger partial charge >= 0.3 is 0 Å². The minimum Gasteiger partial charge on any atom is -0.399 e. The first kappa shape index (κ1) is 11.5. The van der Waals surface area contributed by atoms with Gasteiger partial charge in [0.1, 0.15) is 0 Å². The Hall–Kier alpha value is -1.59. The van der Waals surface area contributed by atoms with E-state index in [1.54, 1.807) is 22.7 Å². The van der Waals surface area contributed by atoms with Gasteiger partial charge in [0.15, 0.2) is 5.13 Å². The summed E-state index contributed by atoms with van der Waals surface area (Å²) < 4.78 is 1.14. The number of aromatic nitrogens is 1. The topological polar surface area (TPSA) is 42.2 Å². The lowest BCUT2D eigenvalue weighted by molar-refractivity contribution is 0.922. The van der Waals surface area contributed by atoms with E-state index >= 15 is 0 Å². The highest BCUT2D eigenvalue weighted by Crippen LogP contribution is 2.30. The van der Waals surface area contributed by atoms with Crippen molar-refractivity contribution in [2.24, 2.45) is 0 Å². The number of anilines is 2. The van der Waals surface area contributed by atoms with E-state index in [0.717, 1.165) is 27.6 Å². The minimum atomic E-state index is 0.790. The van der Waals surface area contributed by atoms with E-state index in [0.29, 0.717) is 0 Å². The van der Waals surface area contributed by atoms with E-state index < -0.39 is 0 Å². The molecule has 3 nitrogen and oxygen atoms in total. The van der Waals surface area contributed by atoms with Crippen molar-refractivity contribution in [2.75, 3.05) is 17.7 Å². The molecule has 2 aromatic heterocycles. The molecular formula is C13H13N3S2. The highest BCUT2D eigenvalue weighted by atomic mass is 32.1. The number of fused-ring (bicyclic) bond motifs is 1. The lowest BCUT2D eigenvalue weighted by atomic mass is 10.3. The molecule has 0 radical (unpaired) electrons. The van der Waals surface area contributed by atoms with Crippen LogP contribution in [-0.4, -0.2) is 12.0 Å². The summed E-state index contributed by atoms with van der Waals surface area (Å²) in [4.78, 5) is 6.80. The van der Waals surface area contributed by atoms with Crippen LogP contribution in [0.2, 0.25) is 0 Å². The SMILES string of the molecule is CN(Cc1ccsc1)c1nc2ccc(N)cc2s1. The Morgan fingerprint density at radius 3 is 3.00 bits per heavy atom. The molecule has 18 heavy (non-hydrogen) atoms. The summed E-state index contributed by atoms with van der Waals surface area (Å²) in [7, 11) is 2.07. The number of nitrogen functional groups attached to an aromatic ring is 1. The molecule has 3 rings (SSSR count). The quantitative estimate of drug-likeness (QED) is 0.743. The van der Waals surface area contributed by atoms with Crippen LogP contribution in [0, 0.1) is 0 Å². The van der Waals surface area contributed by atoms with E-state index in [-0.39, 0.29) is 0 Å². The van der Waals surface area contributed by atoms with E-state index in [1.165, 1.54) is 5.56 Å². The Morgan fingerprint density at radius 1 is 1.33 bits per heavy atom. The third kappa shape index (κ3) is 2.19. The molecular weight excluding hydrogens is 262 g/mol. The smallest absolute Gasteiger partial charge is 0.186 e. The Labute approximate surface area is 114 Å². The number of thiazole rings is 1. The monoisotopic (exact) mass is 275 g/mol. The largest absolute Gasteiger partial charge is 0.399 e. The first-order valence-corrected chi connectivity index (χ1v) is 7.36. The molecule has 0 saturated carbocycles. The molecule has 0 aliphatic heterocycles. The molecule has 0 atom stereocenters. The summed E-state index contributed by atoms with van der Waals surface area (Å²) in [6.07, 6.45) is 0. The van der Waals surface area contributed by atoms with E-state index in [1.807, 2.05) is 18.2 Å². The van der Waals surface area contributed by atoms with Crippen molar-refractivity contribution in [3.05, 3.63) is 40.6 Å². The second kappa shape index (κ2) is 4.59. The molecule has 5 heteroatoms. The van der Waals surface area contributed by atoms with Crippen LogP contribution in [0.25, 0.3) is 10.2 Å². The van der Waals surface area contributed by atoms with Crippen molar-refractivity contribution in [2.45, 2.75) is 6.54 Å². The van der Waals surface area contributed by atoms with Crippen LogP contribution in [0.3, 0.4) is 0 Å². The third-order valence-electron chi connectivity index (χ3n) is 2.73. The maximum atomic E-state index is 5.79. The molecule has 0 bridgehead atoms. The summed E-state index contributed by atoms with van der Waals surface area (Å²) in [6, 6.07) is 8.00. The molecule has 92 valence electrons. The maximum absolute atomic E-state index is 5.79. The first-order chi connectivity index (χ1) is 8.72. The van der Waals surface area contributed by atoms with Crippen LogP contribution in [-0.2, 0) is 6.54 Å². The highest BCUT2D eigenvalue weighted by Gasteiger charge is 2.09. The normalized spacial score (nSPS) is 10.9. The van der Waals surface area contributed by atoms with Gasteiger partial charge in [0.25, 0.3) is 0 Å². The zero-order valence-corrected chi connectivity index (χ0v) is 11.6. The zero-order chi connectivity index (χ0) is 12.5. The molecule has 2 N–H and O–H groups in total. The average Bonchev–Trinajstić information content (AvgIpc) is 2.96. The lowest BCUT2D eigenvalue weighted by Gasteiger charge is -2.14. The average molecular weight is 275 g/mol. The second-order valence-corrected chi connectivity index (χ2v) is 6.00. The molecule has 0 spiro atoms. The predicted octanol–water partition coefficient (Wildman–Crippen LogP) is 3.58. The van der Waals surface area contributed by atoms with Crippen LogP contribution in [0.1, 0.15) is 5.56 Å². The van der Waals surface area contributed by atoms with Crippen LogP contribution >= 0.6 is 22.7 Å². The number of benzene rings is 1. The minimum absolute atomic E-state index is 0.790. The van der Waals surface area contributed by atoms with Crippen molar-refractivity contribution < 1.29 is 0 Å². The number of nitrogens with zero attached hydrogens (tertiary/aromatic N) is 2. The van der Waals surface area contributed by atoms with Crippen molar-refractivity contribution in [1.29, 1.82) is 0 Å². The van der Waals surface area contributed by atoms with Gasteiger partial charge in [0.05, 0.1) is 10.2 Å². The fourth-order valence-corrected chi connectivity index (χ4v) is 3.45. The van der Waals surface area contributed by atoms with Gasteiger partial charge < -0.3 is 10.6 Å². The van der Waals surface area contributed by atoms with Crippen molar-refractivity contribution >= 4 is 43.7 Å². The Kier molecular flexibility index (Phi) is 2.93. The fraction of sp³-hybridized carbons (Fsp3) is 0.154. The van der Waals surface area contributed by atoms with Gasteiger partial charge in [-0.3, -0.25) is 0 Å². The van der Waals surface area contributed by atoms with Crippen LogP contribution in [0.5, 0.6) is 0 Å². The molecule has 1 aromatic carbocycles. The first-order valence-electron chi connectivity index (χ1n) is 5.60. The maximum Gasteiger partial charge on any atom is 0.186 e. The Morgan fingerprint density at radius 2 is 2.22 bits per heavy atom. The fourth-order valence-electron chi connectivity index (χ4n) is 1.82. The summed E-state index contributed by atoms with van der Waals surface area (Å²) in [5, 5.41) is 5.30. The van der Waals surface area contributed by atoms with Crippen LogP contribution < -0.4 is 10.6 Å². The van der Waals surface area contributed by atoms with Gasteiger partial charge in [-0.2, -0.15) is 11.3 Å². The standard InChI is InChI=1S/C13H13N3S2/c1-16(7-9-4-5-17-8-9)13-15-11-3-2-10(14)6-12(11)18-13/h2-6,8H,7,14H2,1H3. The molecule has 0 aliphatic carbocycles. The van der Waals surface area contributed by atoms with E-state index in [2.05, 4.69) is 33.8 Å². The Bertz CT molecular complexity index is 658. The molecule has 0 saturated heterocycles. The van der Waals surface area contributed by atoms with E-state index in [4.69, 9.17) is 5.73 Å². The number of rotatable bonds is 3. The van der Waals surface area contributed by atoms with Gasteiger partial charge in [-0.25, -0.2) is 4.98 Å². The third-order valence-corrected chi connectivity index (χ3v) is 4.59. The van der Waals surface area contributed by atoms with Crippen molar-refractivity contribution in [3.63, 3.8) is 0 Å². The molecule has 0 fully saturated rings. The van der Waals surface area contributed by atoms with Gasteiger partial charge in [-0.05, 0) is 40.6 Å². The summed E-state index contributed by atoms with van der Waals surface area (Å²) in [6.45, 7) is 0.888. The summed E-state index contributed by atoms with van der Waals surface area (Å²) in [5.74, 6) is 0. The number of hydrogen-bond donors (Lipinski definition) is 1. The van der Waals surface area contributed by atoms with Crippen molar-refractivity contribution in [3.8, 4) is 0 Å². The number of hydrogen-bond acceptors (Lipinski definition) is 5. The molecule has 3 aromatic rings. The van der Waals surface area contributed by atoms with Crippen molar-refractivity contribution in [1.82, 2.24) is 4.98 Å². The number of nitrogens with two attached hydrogens (primary N) is 1. The zero-order valence-electron chi connectivity index (χ0n) is 9.96. The Balaban J connectivity index is 1.89. The molecule has 0 unspecified atom stereocenters. The van der Waals surface area contributed by atoms with Gasteiger partial charge in [0.2, 0.25) is 0 Å². The number of thiophene rings is 1. The predicted molar refractivity (Wildman–Crippen MR) is 80.5 cm³/mol. The van der Waals surface area contributed by atoms with Crippen LogP contribution in [0.4, 0.5) is 10.8 Å². The summed E-state index contributed by atoms with van der Waals surface area (Å²) >= 11 is 3.40. The molecule has 2 heterocycles. The molecule has 0 amide bonds. The van der Waals surface area contributed by atoms with E-state index in [9.17, 15) is 0 Å². The van der Waals surface area contributed by atoms with Crippen LogP contribution in [0.15, 0.2) is 35.0 Å². The van der Waals surface area contributed by atoms with Gasteiger partial charge in [0, 0.05) is 19.3 Å². The summed E-state index contributed by atoms with van der Waals surface area (Å²) in [5.41, 5.74) is 8.91.